The molecular formula is C16H16N2O4S. The monoisotopic (exact) mass is 332 g/mol. The molecule has 0 radical (unpaired) electrons. The second-order valence-corrected chi connectivity index (χ2v) is 6.35. The summed E-state index contributed by atoms with van der Waals surface area (Å²) in [6.45, 7) is 2.46. The molecule has 1 aliphatic rings. The van der Waals surface area contributed by atoms with Crippen LogP contribution in [0.3, 0.4) is 0 Å². The second-order valence-electron chi connectivity index (χ2n) is 5.06. The van der Waals surface area contributed by atoms with Crippen molar-refractivity contribution in [3.05, 3.63) is 45.6 Å². The minimum absolute atomic E-state index is 0.0552. The van der Waals surface area contributed by atoms with E-state index in [-0.39, 0.29) is 25.2 Å². The van der Waals surface area contributed by atoms with Crippen molar-refractivity contribution in [3.63, 3.8) is 0 Å². The molecule has 1 aromatic heterocycles. The lowest BCUT2D eigenvalue weighted by Crippen LogP contribution is -2.36. The molecule has 2 amide bonds. The number of carbonyl (C=O) groups is 2. The van der Waals surface area contributed by atoms with Gasteiger partial charge in [0.25, 0.3) is 5.91 Å². The molecule has 2 aromatic rings. The Morgan fingerprint density at radius 3 is 2.74 bits per heavy atom. The SMILES string of the molecule is Cc1ccc(C(=O)NCC(=O)NCc2ccc3c(c2)OCO3)s1. The fraction of sp³-hybridized carbons (Fsp3) is 0.250. The Balaban J connectivity index is 1.45. The van der Waals surface area contributed by atoms with Crippen molar-refractivity contribution >= 4 is 23.2 Å². The van der Waals surface area contributed by atoms with Crippen LogP contribution in [0.2, 0.25) is 0 Å². The van der Waals surface area contributed by atoms with Crippen LogP contribution in [0.15, 0.2) is 30.3 Å². The van der Waals surface area contributed by atoms with Crippen LogP contribution in [0.4, 0.5) is 0 Å². The van der Waals surface area contributed by atoms with Gasteiger partial charge in [0.05, 0.1) is 11.4 Å². The number of hydrogen-bond acceptors (Lipinski definition) is 5. The van der Waals surface area contributed by atoms with E-state index in [1.165, 1.54) is 11.3 Å². The van der Waals surface area contributed by atoms with Gasteiger partial charge in [0, 0.05) is 11.4 Å². The van der Waals surface area contributed by atoms with E-state index in [0.717, 1.165) is 10.4 Å². The predicted molar refractivity (Wildman–Crippen MR) is 85.8 cm³/mol. The van der Waals surface area contributed by atoms with E-state index < -0.39 is 0 Å². The van der Waals surface area contributed by atoms with Crippen molar-refractivity contribution in [2.24, 2.45) is 0 Å². The number of fused-ring (bicyclic) bond motifs is 1. The maximum absolute atomic E-state index is 11.9. The molecule has 1 aromatic carbocycles. The third kappa shape index (κ3) is 3.81. The Morgan fingerprint density at radius 2 is 1.96 bits per heavy atom. The van der Waals surface area contributed by atoms with Gasteiger partial charge >= 0.3 is 0 Å². The molecule has 0 unspecified atom stereocenters. The van der Waals surface area contributed by atoms with Gasteiger partial charge in [0.1, 0.15) is 0 Å². The molecular weight excluding hydrogens is 316 g/mol. The summed E-state index contributed by atoms with van der Waals surface area (Å²) < 4.78 is 10.5. The van der Waals surface area contributed by atoms with E-state index in [4.69, 9.17) is 9.47 Å². The minimum Gasteiger partial charge on any atom is -0.454 e. The van der Waals surface area contributed by atoms with E-state index in [2.05, 4.69) is 10.6 Å². The molecule has 120 valence electrons. The van der Waals surface area contributed by atoms with E-state index in [0.29, 0.717) is 22.9 Å². The molecule has 2 heterocycles. The summed E-state index contributed by atoms with van der Waals surface area (Å²) in [5, 5.41) is 5.36. The highest BCUT2D eigenvalue weighted by Crippen LogP contribution is 2.32. The number of hydrogen-bond donors (Lipinski definition) is 2. The van der Waals surface area contributed by atoms with Crippen LogP contribution in [0.25, 0.3) is 0 Å². The lowest BCUT2D eigenvalue weighted by molar-refractivity contribution is -0.120. The lowest BCUT2D eigenvalue weighted by atomic mass is 10.2. The van der Waals surface area contributed by atoms with Gasteiger partial charge in [-0.2, -0.15) is 0 Å². The van der Waals surface area contributed by atoms with Gasteiger partial charge in [-0.3, -0.25) is 9.59 Å². The minimum atomic E-state index is -0.246. The first-order valence-electron chi connectivity index (χ1n) is 7.12. The molecule has 1 aliphatic heterocycles. The van der Waals surface area contributed by atoms with Crippen LogP contribution < -0.4 is 20.1 Å². The van der Waals surface area contributed by atoms with Gasteiger partial charge in [0.2, 0.25) is 12.7 Å². The Hall–Kier alpha value is -2.54. The number of carbonyl (C=O) groups excluding carboxylic acids is 2. The lowest BCUT2D eigenvalue weighted by Gasteiger charge is -2.07. The first-order chi connectivity index (χ1) is 11.1. The van der Waals surface area contributed by atoms with Crippen LogP contribution >= 0.6 is 11.3 Å². The molecule has 0 spiro atoms. The number of nitrogens with one attached hydrogen (secondary N) is 2. The Labute approximate surface area is 137 Å². The predicted octanol–water partition coefficient (Wildman–Crippen LogP) is 1.83. The standard InChI is InChI=1S/C16H16N2O4S/c1-10-2-5-14(23-10)16(20)18-8-15(19)17-7-11-3-4-12-13(6-11)22-9-21-12/h2-6H,7-9H2,1H3,(H,17,19)(H,18,20). The van der Waals surface area contributed by atoms with Crippen LogP contribution in [0, 0.1) is 6.92 Å². The average Bonchev–Trinajstić information content (AvgIpc) is 3.18. The number of benzene rings is 1. The zero-order valence-electron chi connectivity index (χ0n) is 12.5. The van der Waals surface area contributed by atoms with Gasteiger partial charge in [-0.05, 0) is 36.8 Å². The Bertz CT molecular complexity index is 741. The van der Waals surface area contributed by atoms with Crippen molar-refractivity contribution in [2.75, 3.05) is 13.3 Å². The van der Waals surface area contributed by atoms with Crippen LogP contribution in [-0.2, 0) is 11.3 Å². The van der Waals surface area contributed by atoms with Crippen molar-refractivity contribution in [1.29, 1.82) is 0 Å². The fourth-order valence-electron chi connectivity index (χ4n) is 2.12. The third-order valence-electron chi connectivity index (χ3n) is 3.30. The number of amides is 2. The normalized spacial score (nSPS) is 12.0. The fourth-order valence-corrected chi connectivity index (χ4v) is 2.90. The number of ether oxygens (including phenoxy) is 2. The highest BCUT2D eigenvalue weighted by atomic mass is 32.1. The summed E-state index contributed by atoms with van der Waals surface area (Å²) in [7, 11) is 0. The summed E-state index contributed by atoms with van der Waals surface area (Å²) in [6.07, 6.45) is 0. The molecule has 3 rings (SSSR count). The smallest absolute Gasteiger partial charge is 0.261 e. The van der Waals surface area contributed by atoms with Crippen molar-refractivity contribution in [2.45, 2.75) is 13.5 Å². The average molecular weight is 332 g/mol. The van der Waals surface area contributed by atoms with Crippen LogP contribution in [0.1, 0.15) is 20.1 Å². The molecule has 0 fully saturated rings. The summed E-state index contributed by atoms with van der Waals surface area (Å²) in [4.78, 5) is 25.3. The van der Waals surface area contributed by atoms with Crippen molar-refractivity contribution < 1.29 is 19.1 Å². The van der Waals surface area contributed by atoms with Crippen LogP contribution in [-0.4, -0.2) is 25.2 Å². The highest BCUT2D eigenvalue weighted by Gasteiger charge is 2.14. The van der Waals surface area contributed by atoms with Gasteiger partial charge in [0.15, 0.2) is 11.5 Å². The van der Waals surface area contributed by atoms with Gasteiger partial charge < -0.3 is 20.1 Å². The molecule has 0 aliphatic carbocycles. The third-order valence-corrected chi connectivity index (χ3v) is 4.30. The quantitative estimate of drug-likeness (QED) is 0.876. The summed E-state index contributed by atoms with van der Waals surface area (Å²) >= 11 is 1.40. The molecule has 0 bridgehead atoms. The first kappa shape index (κ1) is 15.4. The molecule has 0 atom stereocenters. The zero-order valence-corrected chi connectivity index (χ0v) is 13.4. The molecule has 7 heteroatoms. The topological polar surface area (TPSA) is 76.7 Å². The first-order valence-corrected chi connectivity index (χ1v) is 7.93. The molecule has 23 heavy (non-hydrogen) atoms. The van der Waals surface area contributed by atoms with Crippen LogP contribution in [0.5, 0.6) is 11.5 Å². The number of thiophene rings is 1. The molecule has 6 nitrogen and oxygen atoms in total. The van der Waals surface area contributed by atoms with Crippen molar-refractivity contribution in [1.82, 2.24) is 10.6 Å². The highest BCUT2D eigenvalue weighted by molar-refractivity contribution is 7.13. The van der Waals surface area contributed by atoms with Gasteiger partial charge in [-0.15, -0.1) is 11.3 Å². The second kappa shape index (κ2) is 6.70. The molecule has 0 saturated carbocycles. The van der Waals surface area contributed by atoms with Gasteiger partial charge in [-0.25, -0.2) is 0 Å². The maximum Gasteiger partial charge on any atom is 0.261 e. The molecule has 0 saturated heterocycles. The zero-order chi connectivity index (χ0) is 16.2. The van der Waals surface area contributed by atoms with E-state index in [1.807, 2.05) is 31.2 Å². The largest absolute Gasteiger partial charge is 0.454 e. The Morgan fingerprint density at radius 1 is 1.13 bits per heavy atom. The summed E-state index contributed by atoms with van der Waals surface area (Å²) in [5.74, 6) is 0.905. The Kier molecular flexibility index (Phi) is 4.47. The number of rotatable bonds is 5. The number of aryl methyl sites for hydroxylation is 1. The van der Waals surface area contributed by atoms with E-state index >= 15 is 0 Å². The summed E-state index contributed by atoms with van der Waals surface area (Å²) in [5.41, 5.74) is 0.905. The van der Waals surface area contributed by atoms with Crippen molar-refractivity contribution in [3.8, 4) is 11.5 Å². The van der Waals surface area contributed by atoms with Gasteiger partial charge in [-0.1, -0.05) is 6.07 Å². The van der Waals surface area contributed by atoms with E-state index in [1.54, 1.807) is 6.07 Å². The maximum atomic E-state index is 11.9. The summed E-state index contributed by atoms with van der Waals surface area (Å²) in [6, 6.07) is 9.13. The van der Waals surface area contributed by atoms with E-state index in [9.17, 15) is 9.59 Å². The molecule has 2 N–H and O–H groups in total.